The highest BCUT2D eigenvalue weighted by atomic mass is 16.5. The van der Waals surface area contributed by atoms with E-state index >= 15 is 0 Å². The van der Waals surface area contributed by atoms with Gasteiger partial charge in [0.15, 0.2) is 0 Å². The number of ketones is 1. The first-order valence-electron chi connectivity index (χ1n) is 8.08. The highest BCUT2D eigenvalue weighted by molar-refractivity contribution is 5.81. The lowest BCUT2D eigenvalue weighted by atomic mass is 9.89. The molecule has 0 saturated carbocycles. The first-order chi connectivity index (χ1) is 9.29. The summed E-state index contributed by atoms with van der Waals surface area (Å²) in [6.07, 6.45) is 15.1. The summed E-state index contributed by atoms with van der Waals surface area (Å²) < 4.78 is 5.80. The molecule has 108 valence electrons. The van der Waals surface area contributed by atoms with Crippen molar-refractivity contribution in [2.24, 2.45) is 5.92 Å². The van der Waals surface area contributed by atoms with E-state index in [2.05, 4.69) is 6.58 Å². The number of unbranched alkanes of at least 4 members (excludes halogenated alkanes) is 5. The molecule has 2 atom stereocenters. The van der Waals surface area contributed by atoms with Gasteiger partial charge in [0.2, 0.25) is 0 Å². The molecule has 0 aromatic carbocycles. The highest BCUT2D eigenvalue weighted by Crippen LogP contribution is 2.36. The predicted octanol–water partition coefficient (Wildman–Crippen LogP) is 4.43. The fourth-order valence-electron chi connectivity index (χ4n) is 3.44. The highest BCUT2D eigenvalue weighted by Gasteiger charge is 2.37. The second-order valence-electron chi connectivity index (χ2n) is 6.19. The zero-order chi connectivity index (χ0) is 13.5. The summed E-state index contributed by atoms with van der Waals surface area (Å²) in [6, 6.07) is 0. The van der Waals surface area contributed by atoms with E-state index < -0.39 is 0 Å². The SMILES string of the molecule is C=CCCCCCCCC(=O)C1CC2CCC(C1)O2. The third-order valence-corrected chi connectivity index (χ3v) is 4.58. The molecule has 2 nitrogen and oxygen atoms in total. The van der Waals surface area contributed by atoms with Crippen molar-refractivity contribution in [2.75, 3.05) is 0 Å². The molecule has 2 unspecified atom stereocenters. The molecule has 2 fully saturated rings. The topological polar surface area (TPSA) is 26.3 Å². The average Bonchev–Trinajstić information content (AvgIpc) is 2.76. The molecular formula is C17H28O2. The van der Waals surface area contributed by atoms with Crippen LogP contribution in [0.25, 0.3) is 0 Å². The number of carbonyl (C=O) groups excluding carboxylic acids is 1. The minimum absolute atomic E-state index is 0.312. The van der Waals surface area contributed by atoms with Gasteiger partial charge in [-0.3, -0.25) is 4.79 Å². The van der Waals surface area contributed by atoms with E-state index in [1.54, 1.807) is 0 Å². The zero-order valence-corrected chi connectivity index (χ0v) is 12.1. The van der Waals surface area contributed by atoms with Crippen LogP contribution >= 0.6 is 0 Å². The molecule has 2 rings (SSSR count). The van der Waals surface area contributed by atoms with Crippen LogP contribution in [0.2, 0.25) is 0 Å². The molecule has 2 bridgehead atoms. The normalized spacial score (nSPS) is 29.4. The monoisotopic (exact) mass is 264 g/mol. The maximum Gasteiger partial charge on any atom is 0.136 e. The molecular weight excluding hydrogens is 236 g/mol. The fourth-order valence-corrected chi connectivity index (χ4v) is 3.44. The van der Waals surface area contributed by atoms with Crippen molar-refractivity contribution in [1.82, 2.24) is 0 Å². The summed E-state index contributed by atoms with van der Waals surface area (Å²) in [5.74, 6) is 0.818. The van der Waals surface area contributed by atoms with Gasteiger partial charge in [-0.25, -0.2) is 0 Å². The van der Waals surface area contributed by atoms with Gasteiger partial charge >= 0.3 is 0 Å². The number of allylic oxidation sites excluding steroid dienone is 1. The summed E-state index contributed by atoms with van der Waals surface area (Å²) >= 11 is 0. The number of rotatable bonds is 9. The molecule has 0 aromatic rings. The number of hydrogen-bond donors (Lipinski definition) is 0. The number of ether oxygens (including phenoxy) is 1. The number of carbonyl (C=O) groups is 1. The van der Waals surface area contributed by atoms with Crippen LogP contribution in [0.15, 0.2) is 12.7 Å². The van der Waals surface area contributed by atoms with Gasteiger partial charge in [-0.15, -0.1) is 6.58 Å². The van der Waals surface area contributed by atoms with Gasteiger partial charge in [-0.2, -0.15) is 0 Å². The summed E-state index contributed by atoms with van der Waals surface area (Å²) in [4.78, 5) is 12.2. The summed E-state index contributed by atoms with van der Waals surface area (Å²) in [7, 11) is 0. The Balaban J connectivity index is 1.53. The van der Waals surface area contributed by atoms with E-state index in [-0.39, 0.29) is 0 Å². The third-order valence-electron chi connectivity index (χ3n) is 4.58. The lowest BCUT2D eigenvalue weighted by Gasteiger charge is -2.27. The Kier molecular flexibility index (Phi) is 6.09. The molecule has 0 amide bonds. The van der Waals surface area contributed by atoms with E-state index in [1.807, 2.05) is 6.08 Å². The van der Waals surface area contributed by atoms with Crippen LogP contribution in [0.5, 0.6) is 0 Å². The Morgan fingerprint density at radius 2 is 1.68 bits per heavy atom. The van der Waals surface area contributed by atoms with E-state index in [0.717, 1.165) is 32.1 Å². The smallest absolute Gasteiger partial charge is 0.136 e. The van der Waals surface area contributed by atoms with Gasteiger partial charge in [0.05, 0.1) is 12.2 Å². The Bertz CT molecular complexity index is 286. The lowest BCUT2D eigenvalue weighted by molar-refractivity contribution is -0.128. The quantitative estimate of drug-likeness (QED) is 0.455. The zero-order valence-electron chi connectivity index (χ0n) is 12.1. The number of Topliss-reactive ketones (excluding diaryl/α,β-unsaturated/α-hetero) is 1. The van der Waals surface area contributed by atoms with Gasteiger partial charge in [0.25, 0.3) is 0 Å². The molecule has 2 heteroatoms. The number of fused-ring (bicyclic) bond motifs is 2. The average molecular weight is 264 g/mol. The molecule has 0 N–H and O–H groups in total. The van der Waals surface area contributed by atoms with Crippen molar-refractivity contribution in [3.8, 4) is 0 Å². The first-order valence-corrected chi connectivity index (χ1v) is 8.08. The summed E-state index contributed by atoms with van der Waals surface area (Å²) in [5.41, 5.74) is 0. The molecule has 19 heavy (non-hydrogen) atoms. The predicted molar refractivity (Wildman–Crippen MR) is 78.1 cm³/mol. The maximum atomic E-state index is 12.2. The minimum Gasteiger partial charge on any atom is -0.375 e. The van der Waals surface area contributed by atoms with Crippen LogP contribution < -0.4 is 0 Å². The van der Waals surface area contributed by atoms with Crippen LogP contribution in [-0.2, 0) is 9.53 Å². The van der Waals surface area contributed by atoms with Crippen LogP contribution in [0.4, 0.5) is 0 Å². The van der Waals surface area contributed by atoms with E-state index in [1.165, 1.54) is 38.5 Å². The minimum atomic E-state index is 0.312. The second kappa shape index (κ2) is 7.84. The Morgan fingerprint density at radius 1 is 1.05 bits per heavy atom. The van der Waals surface area contributed by atoms with Crippen LogP contribution in [-0.4, -0.2) is 18.0 Å². The van der Waals surface area contributed by atoms with Gasteiger partial charge in [0.1, 0.15) is 5.78 Å². The molecule has 0 aliphatic carbocycles. The Morgan fingerprint density at radius 3 is 2.37 bits per heavy atom. The fraction of sp³-hybridized carbons (Fsp3) is 0.824. The Hall–Kier alpha value is -0.630. The summed E-state index contributed by atoms with van der Waals surface area (Å²) in [5, 5.41) is 0. The van der Waals surface area contributed by atoms with Crippen LogP contribution in [0.1, 0.15) is 70.6 Å². The molecule has 2 heterocycles. The standard InChI is InChI=1S/C17H28O2/c1-2-3-4-5-6-7-8-9-17(18)14-12-15-10-11-16(13-14)19-15/h2,14-16H,1,3-13H2. The molecule has 2 saturated heterocycles. The molecule has 0 aromatic heterocycles. The van der Waals surface area contributed by atoms with E-state index in [9.17, 15) is 4.79 Å². The first kappa shape index (κ1) is 14.8. The van der Waals surface area contributed by atoms with Crippen molar-refractivity contribution >= 4 is 5.78 Å². The summed E-state index contributed by atoms with van der Waals surface area (Å²) in [6.45, 7) is 3.73. The molecule has 0 radical (unpaired) electrons. The van der Waals surface area contributed by atoms with Gasteiger partial charge < -0.3 is 4.74 Å². The maximum absolute atomic E-state index is 12.2. The van der Waals surface area contributed by atoms with Crippen LogP contribution in [0.3, 0.4) is 0 Å². The van der Waals surface area contributed by atoms with Gasteiger partial charge in [0, 0.05) is 12.3 Å². The Labute approximate surface area is 117 Å². The van der Waals surface area contributed by atoms with Crippen molar-refractivity contribution in [2.45, 2.75) is 82.8 Å². The van der Waals surface area contributed by atoms with E-state index in [4.69, 9.17) is 4.74 Å². The van der Waals surface area contributed by atoms with Crippen molar-refractivity contribution < 1.29 is 9.53 Å². The molecule has 2 aliphatic rings. The van der Waals surface area contributed by atoms with Crippen molar-refractivity contribution in [1.29, 1.82) is 0 Å². The second-order valence-corrected chi connectivity index (χ2v) is 6.19. The molecule has 0 spiro atoms. The van der Waals surface area contributed by atoms with E-state index in [0.29, 0.717) is 23.9 Å². The van der Waals surface area contributed by atoms with Crippen molar-refractivity contribution in [3.05, 3.63) is 12.7 Å². The van der Waals surface area contributed by atoms with Crippen LogP contribution in [0, 0.1) is 5.92 Å². The van der Waals surface area contributed by atoms with Crippen molar-refractivity contribution in [3.63, 3.8) is 0 Å². The largest absolute Gasteiger partial charge is 0.375 e. The molecule has 2 aliphatic heterocycles. The van der Waals surface area contributed by atoms with Gasteiger partial charge in [-0.05, 0) is 44.9 Å². The third kappa shape index (κ3) is 4.76. The van der Waals surface area contributed by atoms with Gasteiger partial charge in [-0.1, -0.05) is 25.3 Å². The lowest BCUT2D eigenvalue weighted by Crippen LogP contribution is -2.29. The number of hydrogen-bond acceptors (Lipinski definition) is 2.